The van der Waals surface area contributed by atoms with Crippen LogP contribution in [0.2, 0.25) is 0 Å². The van der Waals surface area contributed by atoms with Crippen LogP contribution < -0.4 is 15.3 Å². The van der Waals surface area contributed by atoms with Crippen molar-refractivity contribution in [1.29, 1.82) is 0 Å². The maximum Gasteiger partial charge on any atom is 3.00 e. The van der Waals surface area contributed by atoms with Gasteiger partial charge in [0.1, 0.15) is 0 Å². The van der Waals surface area contributed by atoms with Gasteiger partial charge in [-0.15, -0.1) is 19.8 Å². The van der Waals surface area contributed by atoms with Crippen molar-refractivity contribution in [2.24, 2.45) is 0 Å². The van der Waals surface area contributed by atoms with Crippen LogP contribution >= 0.6 is 0 Å². The van der Waals surface area contributed by atoms with Gasteiger partial charge in [-0.05, 0) is 0 Å². The SMILES string of the molecule is CC[O-].CC[O-].CC[O-].[Rh+3]. The first-order valence-electron chi connectivity index (χ1n) is 2.99. The van der Waals surface area contributed by atoms with Crippen LogP contribution in [0.4, 0.5) is 0 Å². The summed E-state index contributed by atoms with van der Waals surface area (Å²) in [6, 6.07) is 0. The second kappa shape index (κ2) is 56.0. The molecule has 0 atom stereocenters. The molecule has 0 amide bonds. The Labute approximate surface area is 75.8 Å². The first kappa shape index (κ1) is 22.4. The van der Waals surface area contributed by atoms with Crippen LogP contribution in [0.5, 0.6) is 0 Å². The van der Waals surface area contributed by atoms with Gasteiger partial charge in [0.2, 0.25) is 0 Å². The maximum absolute atomic E-state index is 8.93. The van der Waals surface area contributed by atoms with Crippen LogP contribution in [0, 0.1) is 0 Å². The van der Waals surface area contributed by atoms with E-state index in [-0.39, 0.29) is 39.3 Å². The molecule has 0 rings (SSSR count). The Bertz CT molecular complexity index is 17.7. The summed E-state index contributed by atoms with van der Waals surface area (Å²) in [6.45, 7) is 4.71. The van der Waals surface area contributed by atoms with E-state index in [0.29, 0.717) is 0 Å². The molecule has 3 nitrogen and oxygen atoms in total. The van der Waals surface area contributed by atoms with E-state index >= 15 is 0 Å². The van der Waals surface area contributed by atoms with Crippen LogP contribution in [-0.4, -0.2) is 19.8 Å². The molecule has 0 heterocycles. The minimum atomic E-state index is 0. The molecule has 10 heavy (non-hydrogen) atoms. The van der Waals surface area contributed by atoms with Gasteiger partial charge in [0.15, 0.2) is 0 Å². The van der Waals surface area contributed by atoms with Gasteiger partial charge in [-0.3, -0.25) is 0 Å². The van der Waals surface area contributed by atoms with Gasteiger partial charge in [-0.25, -0.2) is 0 Å². The third-order valence-electron chi connectivity index (χ3n) is 0. The zero-order chi connectivity index (χ0) is 8.12. The Morgan fingerprint density at radius 2 is 0.700 bits per heavy atom. The molecule has 4 heteroatoms. The third kappa shape index (κ3) is 1890. The fourth-order valence-corrected chi connectivity index (χ4v) is 0. The third-order valence-corrected chi connectivity index (χ3v) is 0. The molecule has 66 valence electrons. The molecule has 0 bridgehead atoms. The zero-order valence-corrected chi connectivity index (χ0v) is 8.32. The van der Waals surface area contributed by atoms with E-state index in [0.717, 1.165) is 0 Å². The second-order valence-corrected chi connectivity index (χ2v) is 0.866. The van der Waals surface area contributed by atoms with E-state index in [1.165, 1.54) is 0 Å². The topological polar surface area (TPSA) is 69.2 Å². The molecule has 0 fully saturated rings. The Morgan fingerprint density at radius 3 is 0.700 bits per heavy atom. The molecule has 0 aliphatic carbocycles. The number of hydrogen-bond acceptors (Lipinski definition) is 3. The van der Waals surface area contributed by atoms with Crippen LogP contribution in [0.15, 0.2) is 0 Å². The van der Waals surface area contributed by atoms with Gasteiger partial charge >= 0.3 is 19.5 Å². The van der Waals surface area contributed by atoms with E-state index in [1.807, 2.05) is 0 Å². The van der Waals surface area contributed by atoms with Crippen LogP contribution in [-0.2, 0) is 19.5 Å². The quantitative estimate of drug-likeness (QED) is 0.463. The summed E-state index contributed by atoms with van der Waals surface area (Å²) in [5, 5.41) is 26.8. The molecule has 0 aliphatic rings. The van der Waals surface area contributed by atoms with Crippen molar-refractivity contribution in [3.63, 3.8) is 0 Å². The minimum Gasteiger partial charge on any atom is -0.855 e. The Balaban J connectivity index is -0.0000000257. The molecule has 0 aromatic heterocycles. The first-order valence-corrected chi connectivity index (χ1v) is 2.99. The smallest absolute Gasteiger partial charge is 0.855 e. The summed E-state index contributed by atoms with van der Waals surface area (Å²) in [4.78, 5) is 0. The average Bonchev–Trinajstić information content (AvgIpc) is 1.70. The zero-order valence-electron chi connectivity index (χ0n) is 6.68. The molecule has 0 N–H and O–H groups in total. The monoisotopic (exact) mass is 238 g/mol. The molecular weight excluding hydrogens is 223 g/mol. The van der Waals surface area contributed by atoms with Crippen LogP contribution in [0.1, 0.15) is 20.8 Å². The predicted molar refractivity (Wildman–Crippen MR) is 31.6 cm³/mol. The van der Waals surface area contributed by atoms with Crippen molar-refractivity contribution >= 4 is 0 Å². The molecular formula is C6H15O3Rh. The van der Waals surface area contributed by atoms with Crippen molar-refractivity contribution in [2.45, 2.75) is 20.8 Å². The first-order chi connectivity index (χ1) is 4.24. The van der Waals surface area contributed by atoms with Gasteiger partial charge in [0, 0.05) is 0 Å². The molecule has 0 aliphatic heterocycles. The molecule has 0 saturated heterocycles. The van der Waals surface area contributed by atoms with Crippen molar-refractivity contribution in [3.8, 4) is 0 Å². The van der Waals surface area contributed by atoms with Crippen molar-refractivity contribution in [1.82, 2.24) is 0 Å². The summed E-state index contributed by atoms with van der Waals surface area (Å²) >= 11 is 0. The van der Waals surface area contributed by atoms with Gasteiger partial charge in [0.05, 0.1) is 0 Å². The Kier molecular flexibility index (Phi) is 126. The fourth-order valence-electron chi connectivity index (χ4n) is 0. The molecule has 0 radical (unpaired) electrons. The fraction of sp³-hybridized carbons (Fsp3) is 1.00. The average molecular weight is 238 g/mol. The van der Waals surface area contributed by atoms with Crippen LogP contribution in [0.3, 0.4) is 0 Å². The largest absolute Gasteiger partial charge is 3.00 e. The Hall–Kier alpha value is 0.503. The maximum atomic E-state index is 8.93. The standard InChI is InChI=1S/3C2H5O.Rh/c3*1-2-3;/h3*2H2,1H3;/q3*-1;+3. The molecule has 0 unspecified atom stereocenters. The molecule has 0 aromatic rings. The van der Waals surface area contributed by atoms with Gasteiger partial charge < -0.3 is 15.3 Å². The van der Waals surface area contributed by atoms with Crippen LogP contribution in [0.25, 0.3) is 0 Å². The van der Waals surface area contributed by atoms with E-state index in [9.17, 15) is 0 Å². The van der Waals surface area contributed by atoms with Gasteiger partial charge in [0.25, 0.3) is 0 Å². The second-order valence-electron chi connectivity index (χ2n) is 0.866. The summed E-state index contributed by atoms with van der Waals surface area (Å²) < 4.78 is 0. The van der Waals surface area contributed by atoms with Crippen molar-refractivity contribution < 1.29 is 34.8 Å². The minimum absolute atomic E-state index is 0. The summed E-state index contributed by atoms with van der Waals surface area (Å²) in [5.74, 6) is 0. The Morgan fingerprint density at radius 1 is 0.700 bits per heavy atom. The number of hydrogen-bond donors (Lipinski definition) is 0. The summed E-state index contributed by atoms with van der Waals surface area (Å²) in [7, 11) is 0. The molecule has 0 aromatic carbocycles. The van der Waals surface area contributed by atoms with Crippen molar-refractivity contribution in [2.75, 3.05) is 19.8 Å². The van der Waals surface area contributed by atoms with Crippen molar-refractivity contribution in [3.05, 3.63) is 0 Å². The molecule has 0 spiro atoms. The predicted octanol–water partition coefficient (Wildman–Crippen LogP) is -1.90. The number of rotatable bonds is 0. The van der Waals surface area contributed by atoms with Gasteiger partial charge in [-0.1, -0.05) is 20.8 Å². The van der Waals surface area contributed by atoms with E-state index in [4.69, 9.17) is 15.3 Å². The van der Waals surface area contributed by atoms with E-state index in [2.05, 4.69) is 0 Å². The summed E-state index contributed by atoms with van der Waals surface area (Å²) in [6.07, 6.45) is 0. The van der Waals surface area contributed by atoms with E-state index in [1.54, 1.807) is 20.8 Å². The molecule has 0 saturated carbocycles. The van der Waals surface area contributed by atoms with E-state index < -0.39 is 0 Å². The summed E-state index contributed by atoms with van der Waals surface area (Å²) in [5.41, 5.74) is 0. The normalized spacial score (nSPS) is 5.40. The van der Waals surface area contributed by atoms with Gasteiger partial charge in [-0.2, -0.15) is 0 Å².